The fraction of sp³-hybridized carbons (Fsp3) is 1.00. The van der Waals surface area contributed by atoms with Crippen LogP contribution in [0.5, 0.6) is 0 Å². The Labute approximate surface area is 82.7 Å². The summed E-state index contributed by atoms with van der Waals surface area (Å²) in [6.07, 6.45) is 4.20. The van der Waals surface area contributed by atoms with Crippen LogP contribution in [0, 0.1) is 0 Å². The van der Waals surface area contributed by atoms with Gasteiger partial charge in [0, 0.05) is 12.1 Å². The molecule has 2 aliphatic rings. The monoisotopic (exact) mass is 184 g/mol. The predicted molar refractivity (Wildman–Crippen MR) is 58.0 cm³/mol. The van der Waals surface area contributed by atoms with E-state index in [2.05, 4.69) is 17.1 Å². The van der Waals surface area contributed by atoms with Crippen molar-refractivity contribution in [1.29, 1.82) is 0 Å². The molecule has 0 amide bonds. The maximum Gasteiger partial charge on any atom is 0.0245 e. The van der Waals surface area contributed by atoms with Gasteiger partial charge in [0.1, 0.15) is 0 Å². The molecule has 2 aliphatic heterocycles. The molecule has 2 fully saturated rings. The van der Waals surface area contributed by atoms with Gasteiger partial charge in [-0.3, -0.25) is 4.90 Å². The lowest BCUT2D eigenvalue weighted by Crippen LogP contribution is -2.63. The minimum absolute atomic E-state index is 0.639. The Morgan fingerprint density at radius 1 is 1.15 bits per heavy atom. The van der Waals surface area contributed by atoms with E-state index in [1.165, 1.54) is 45.4 Å². The first-order valence-corrected chi connectivity index (χ1v) is 5.83. The molecule has 0 atom stereocenters. The van der Waals surface area contributed by atoms with E-state index in [1.807, 2.05) is 13.8 Å². The standard InChI is InChI=1S/C9H18N2.C2H6/c1-2-11-8-5-9(11)3-6-10-7-4-9;1-2/h10H,2-8H2,1H3;1-2H3. The molecule has 0 aliphatic carbocycles. The summed E-state index contributed by atoms with van der Waals surface area (Å²) < 4.78 is 0. The van der Waals surface area contributed by atoms with Crippen molar-refractivity contribution in [3.05, 3.63) is 0 Å². The van der Waals surface area contributed by atoms with Gasteiger partial charge in [-0.25, -0.2) is 0 Å². The van der Waals surface area contributed by atoms with Crippen LogP contribution in [-0.4, -0.2) is 36.6 Å². The molecule has 1 N–H and O–H groups in total. The van der Waals surface area contributed by atoms with Crippen molar-refractivity contribution in [3.63, 3.8) is 0 Å². The predicted octanol–water partition coefficient (Wildman–Crippen LogP) is 1.86. The molecule has 0 saturated carbocycles. The zero-order chi connectivity index (χ0) is 9.73. The third-order valence-electron chi connectivity index (χ3n) is 3.43. The average molecular weight is 184 g/mol. The number of nitrogens with one attached hydrogen (secondary N) is 1. The molecule has 13 heavy (non-hydrogen) atoms. The Morgan fingerprint density at radius 3 is 2.15 bits per heavy atom. The van der Waals surface area contributed by atoms with E-state index in [-0.39, 0.29) is 0 Å². The molecule has 2 rings (SSSR count). The van der Waals surface area contributed by atoms with Crippen molar-refractivity contribution in [2.45, 2.75) is 45.6 Å². The van der Waals surface area contributed by atoms with E-state index in [1.54, 1.807) is 0 Å². The van der Waals surface area contributed by atoms with Crippen LogP contribution in [0.15, 0.2) is 0 Å². The SMILES string of the molecule is CC.CCN1CCC12CCNCC2. The van der Waals surface area contributed by atoms with Gasteiger partial charge in [-0.15, -0.1) is 0 Å². The van der Waals surface area contributed by atoms with Crippen LogP contribution in [0.3, 0.4) is 0 Å². The van der Waals surface area contributed by atoms with Crippen molar-refractivity contribution >= 4 is 0 Å². The summed E-state index contributed by atoms with van der Waals surface area (Å²) in [5, 5.41) is 3.43. The zero-order valence-corrected chi connectivity index (χ0v) is 9.40. The van der Waals surface area contributed by atoms with Gasteiger partial charge in [0.05, 0.1) is 0 Å². The molecule has 0 unspecified atom stereocenters. The summed E-state index contributed by atoms with van der Waals surface area (Å²) in [6, 6.07) is 0. The molecule has 78 valence electrons. The Hall–Kier alpha value is -0.0800. The smallest absolute Gasteiger partial charge is 0.0245 e. The van der Waals surface area contributed by atoms with Crippen LogP contribution >= 0.6 is 0 Å². The van der Waals surface area contributed by atoms with E-state index in [0.717, 1.165) is 0 Å². The van der Waals surface area contributed by atoms with Crippen LogP contribution in [0.1, 0.15) is 40.0 Å². The van der Waals surface area contributed by atoms with Crippen molar-refractivity contribution in [2.75, 3.05) is 26.2 Å². The largest absolute Gasteiger partial charge is 0.317 e. The molecule has 2 nitrogen and oxygen atoms in total. The minimum atomic E-state index is 0.639. The molecule has 0 aromatic heterocycles. The zero-order valence-electron chi connectivity index (χ0n) is 9.40. The van der Waals surface area contributed by atoms with E-state index >= 15 is 0 Å². The third-order valence-corrected chi connectivity index (χ3v) is 3.43. The summed E-state index contributed by atoms with van der Waals surface area (Å²) in [4.78, 5) is 2.65. The van der Waals surface area contributed by atoms with Gasteiger partial charge in [0.25, 0.3) is 0 Å². The number of hydrogen-bond acceptors (Lipinski definition) is 2. The molecule has 0 radical (unpaired) electrons. The van der Waals surface area contributed by atoms with Crippen LogP contribution < -0.4 is 5.32 Å². The van der Waals surface area contributed by atoms with Crippen LogP contribution in [-0.2, 0) is 0 Å². The first kappa shape index (κ1) is 11.0. The van der Waals surface area contributed by atoms with Gasteiger partial charge in [0.2, 0.25) is 0 Å². The quantitative estimate of drug-likeness (QED) is 0.669. The number of hydrogen-bond donors (Lipinski definition) is 1. The fourth-order valence-electron chi connectivity index (χ4n) is 2.54. The van der Waals surface area contributed by atoms with Gasteiger partial charge in [-0.05, 0) is 38.9 Å². The van der Waals surface area contributed by atoms with Crippen molar-refractivity contribution in [2.24, 2.45) is 0 Å². The maximum absolute atomic E-state index is 3.43. The van der Waals surface area contributed by atoms with Crippen molar-refractivity contribution in [3.8, 4) is 0 Å². The van der Waals surface area contributed by atoms with E-state index in [4.69, 9.17) is 0 Å². The fourth-order valence-corrected chi connectivity index (χ4v) is 2.54. The Morgan fingerprint density at radius 2 is 1.77 bits per heavy atom. The van der Waals surface area contributed by atoms with Gasteiger partial charge >= 0.3 is 0 Å². The molecule has 0 bridgehead atoms. The Bertz CT molecular complexity index is 137. The highest BCUT2D eigenvalue weighted by Crippen LogP contribution is 2.37. The summed E-state index contributed by atoms with van der Waals surface area (Å²) in [5.41, 5.74) is 0.639. The molecule has 2 saturated heterocycles. The van der Waals surface area contributed by atoms with Gasteiger partial charge in [-0.1, -0.05) is 20.8 Å². The minimum Gasteiger partial charge on any atom is -0.317 e. The molecule has 2 heterocycles. The number of nitrogens with zero attached hydrogens (tertiary/aromatic N) is 1. The maximum atomic E-state index is 3.43. The molecular weight excluding hydrogens is 160 g/mol. The molecular formula is C11H24N2. The Kier molecular flexibility index (Phi) is 4.20. The number of piperidine rings is 1. The number of rotatable bonds is 1. The van der Waals surface area contributed by atoms with Gasteiger partial charge in [0.15, 0.2) is 0 Å². The second-order valence-electron chi connectivity index (χ2n) is 3.80. The highest BCUT2D eigenvalue weighted by molar-refractivity contribution is 5.01. The second-order valence-corrected chi connectivity index (χ2v) is 3.80. The lowest BCUT2D eigenvalue weighted by molar-refractivity contribution is -0.0324. The van der Waals surface area contributed by atoms with Crippen LogP contribution in [0.4, 0.5) is 0 Å². The summed E-state index contributed by atoms with van der Waals surface area (Å²) in [7, 11) is 0. The second kappa shape index (κ2) is 4.97. The van der Waals surface area contributed by atoms with Crippen molar-refractivity contribution < 1.29 is 0 Å². The van der Waals surface area contributed by atoms with E-state index in [0.29, 0.717) is 5.54 Å². The highest BCUT2D eigenvalue weighted by Gasteiger charge is 2.43. The summed E-state index contributed by atoms with van der Waals surface area (Å²) in [6.45, 7) is 11.3. The molecule has 1 spiro atoms. The van der Waals surface area contributed by atoms with Crippen LogP contribution in [0.2, 0.25) is 0 Å². The molecule has 0 aromatic carbocycles. The lowest BCUT2D eigenvalue weighted by Gasteiger charge is -2.55. The first-order valence-electron chi connectivity index (χ1n) is 5.83. The summed E-state index contributed by atoms with van der Waals surface area (Å²) in [5.74, 6) is 0. The topological polar surface area (TPSA) is 15.3 Å². The molecule has 2 heteroatoms. The number of likely N-dealkylation sites (tertiary alicyclic amines) is 1. The van der Waals surface area contributed by atoms with Gasteiger partial charge < -0.3 is 5.32 Å². The summed E-state index contributed by atoms with van der Waals surface area (Å²) >= 11 is 0. The Balaban J connectivity index is 0.000000396. The average Bonchev–Trinajstić information content (AvgIpc) is 2.21. The van der Waals surface area contributed by atoms with E-state index in [9.17, 15) is 0 Å². The van der Waals surface area contributed by atoms with E-state index < -0.39 is 0 Å². The van der Waals surface area contributed by atoms with Crippen molar-refractivity contribution in [1.82, 2.24) is 10.2 Å². The van der Waals surface area contributed by atoms with Crippen LogP contribution in [0.25, 0.3) is 0 Å². The third kappa shape index (κ3) is 2.05. The highest BCUT2D eigenvalue weighted by atomic mass is 15.3. The van der Waals surface area contributed by atoms with Gasteiger partial charge in [-0.2, -0.15) is 0 Å². The first-order chi connectivity index (χ1) is 6.37. The normalized spacial score (nSPS) is 26.1. The molecule has 0 aromatic rings. The lowest BCUT2D eigenvalue weighted by atomic mass is 9.77.